The maximum Gasteiger partial charge on any atom is 0.212 e. The molecule has 7 nitrogen and oxygen atoms in total. The number of nitrogens with two attached hydrogens (primary N) is 1. The van der Waals surface area contributed by atoms with Crippen molar-refractivity contribution in [2.45, 2.75) is 9.79 Å². The van der Waals surface area contributed by atoms with Crippen molar-refractivity contribution in [3.63, 3.8) is 0 Å². The molecule has 0 saturated carbocycles. The van der Waals surface area contributed by atoms with E-state index in [4.69, 9.17) is 28.9 Å². The highest BCUT2D eigenvalue weighted by Gasteiger charge is 2.30. The molecule has 2 heterocycles. The van der Waals surface area contributed by atoms with E-state index in [0.717, 1.165) is 0 Å². The van der Waals surface area contributed by atoms with E-state index >= 15 is 0 Å². The quantitative estimate of drug-likeness (QED) is 0.345. The number of anilines is 1. The standard InChI is InChI=1S/C23H15Cl2N5O2S/c24-16-11-10-14(12-17(16)25)13-27-30-22(26)21(33(31,32)15-6-2-1-3-7-15)20-23(30)29-19-9-5-4-8-18(19)28-20/h1-13H,26H2/b27-13-. The lowest BCUT2D eigenvalue weighted by Crippen LogP contribution is -2.06. The molecule has 0 aliphatic rings. The Balaban J connectivity index is 1.79. The van der Waals surface area contributed by atoms with Crippen molar-refractivity contribution >= 4 is 67.3 Å². The molecule has 5 rings (SSSR count). The van der Waals surface area contributed by atoms with Gasteiger partial charge in [-0.15, -0.1) is 0 Å². The zero-order valence-electron chi connectivity index (χ0n) is 16.9. The van der Waals surface area contributed by atoms with Crippen molar-refractivity contribution in [3.8, 4) is 0 Å². The number of nitrogens with zero attached hydrogens (tertiary/aromatic N) is 4. The van der Waals surface area contributed by atoms with Gasteiger partial charge in [-0.05, 0) is 42.0 Å². The summed E-state index contributed by atoms with van der Waals surface area (Å²) in [7, 11) is -4.00. The predicted octanol–water partition coefficient (Wildman–Crippen LogP) is 5.19. The molecule has 0 radical (unpaired) electrons. The molecular weight excluding hydrogens is 481 g/mol. The molecular formula is C23H15Cl2N5O2S. The highest BCUT2D eigenvalue weighted by molar-refractivity contribution is 7.92. The van der Waals surface area contributed by atoms with Gasteiger partial charge in [0.2, 0.25) is 9.84 Å². The van der Waals surface area contributed by atoms with Crippen LogP contribution >= 0.6 is 23.2 Å². The number of fused-ring (bicyclic) bond motifs is 2. The van der Waals surface area contributed by atoms with Crippen LogP contribution < -0.4 is 5.73 Å². The summed E-state index contributed by atoms with van der Waals surface area (Å²) < 4.78 is 28.3. The topological polar surface area (TPSA) is 103 Å². The van der Waals surface area contributed by atoms with Gasteiger partial charge in [0.15, 0.2) is 5.65 Å². The minimum Gasteiger partial charge on any atom is -0.382 e. The number of nitrogen functional groups attached to an aromatic ring is 1. The third-order valence-corrected chi connectivity index (χ3v) is 7.59. The van der Waals surface area contributed by atoms with E-state index in [1.165, 1.54) is 23.0 Å². The van der Waals surface area contributed by atoms with Crippen LogP contribution in [0.15, 0.2) is 87.7 Å². The van der Waals surface area contributed by atoms with Crippen LogP contribution in [0.1, 0.15) is 5.56 Å². The van der Waals surface area contributed by atoms with Crippen LogP contribution in [0.5, 0.6) is 0 Å². The Morgan fingerprint density at radius 3 is 2.24 bits per heavy atom. The second kappa shape index (κ2) is 8.15. The summed E-state index contributed by atoms with van der Waals surface area (Å²) in [5, 5.41) is 5.18. The van der Waals surface area contributed by atoms with Crippen molar-refractivity contribution in [2.24, 2.45) is 5.10 Å². The fraction of sp³-hybridized carbons (Fsp3) is 0. The molecule has 0 fully saturated rings. The van der Waals surface area contributed by atoms with Crippen molar-refractivity contribution in [2.75, 3.05) is 5.73 Å². The minimum atomic E-state index is -4.00. The van der Waals surface area contributed by atoms with Gasteiger partial charge in [0.1, 0.15) is 16.2 Å². The van der Waals surface area contributed by atoms with Gasteiger partial charge >= 0.3 is 0 Å². The molecule has 0 aliphatic heterocycles. The Labute approximate surface area is 199 Å². The summed E-state index contributed by atoms with van der Waals surface area (Å²) in [6, 6.07) is 20.2. The van der Waals surface area contributed by atoms with E-state index in [1.54, 1.807) is 54.6 Å². The van der Waals surface area contributed by atoms with Crippen LogP contribution in [-0.4, -0.2) is 29.3 Å². The molecule has 5 aromatic rings. The van der Waals surface area contributed by atoms with Gasteiger partial charge in [-0.3, -0.25) is 0 Å². The van der Waals surface area contributed by atoms with Crippen LogP contribution in [-0.2, 0) is 9.84 Å². The lowest BCUT2D eigenvalue weighted by molar-refractivity contribution is 0.597. The largest absolute Gasteiger partial charge is 0.382 e. The van der Waals surface area contributed by atoms with Crippen LogP contribution in [0.4, 0.5) is 5.82 Å². The molecule has 2 N–H and O–H groups in total. The Kier molecular flexibility index (Phi) is 5.28. The van der Waals surface area contributed by atoms with Gasteiger partial charge < -0.3 is 5.73 Å². The smallest absolute Gasteiger partial charge is 0.212 e. The molecule has 0 atom stereocenters. The SMILES string of the molecule is Nc1c(S(=O)(=O)c2ccccc2)c2nc3ccccc3nc2n1/N=C\c1ccc(Cl)c(Cl)c1. The molecule has 0 bridgehead atoms. The van der Waals surface area contributed by atoms with E-state index in [1.807, 2.05) is 6.07 Å². The van der Waals surface area contributed by atoms with Crippen LogP contribution in [0.2, 0.25) is 10.0 Å². The predicted molar refractivity (Wildman–Crippen MR) is 131 cm³/mol. The third kappa shape index (κ3) is 3.72. The molecule has 10 heteroatoms. The second-order valence-electron chi connectivity index (χ2n) is 7.15. The summed E-state index contributed by atoms with van der Waals surface area (Å²) in [5.41, 5.74) is 8.49. The van der Waals surface area contributed by atoms with Crippen LogP contribution in [0.25, 0.3) is 22.2 Å². The highest BCUT2D eigenvalue weighted by atomic mass is 35.5. The molecule has 0 aliphatic carbocycles. The van der Waals surface area contributed by atoms with Crippen molar-refractivity contribution in [1.82, 2.24) is 14.6 Å². The monoisotopic (exact) mass is 495 g/mol. The Hall–Kier alpha value is -3.46. The molecule has 0 spiro atoms. The maximum atomic E-state index is 13.5. The molecule has 33 heavy (non-hydrogen) atoms. The number of para-hydroxylation sites is 2. The first-order valence-corrected chi connectivity index (χ1v) is 12.0. The van der Waals surface area contributed by atoms with Gasteiger partial charge in [0, 0.05) is 0 Å². The first kappa shape index (κ1) is 21.4. The Morgan fingerprint density at radius 1 is 0.879 bits per heavy atom. The maximum absolute atomic E-state index is 13.5. The van der Waals surface area contributed by atoms with E-state index < -0.39 is 9.84 Å². The second-order valence-corrected chi connectivity index (χ2v) is 9.85. The lowest BCUT2D eigenvalue weighted by Gasteiger charge is -2.04. The first-order chi connectivity index (χ1) is 15.9. The third-order valence-electron chi connectivity index (χ3n) is 5.02. The fourth-order valence-electron chi connectivity index (χ4n) is 3.44. The molecule has 0 saturated heterocycles. The number of sulfone groups is 1. The first-order valence-electron chi connectivity index (χ1n) is 9.72. The highest BCUT2D eigenvalue weighted by Crippen LogP contribution is 2.35. The van der Waals surface area contributed by atoms with E-state index in [-0.39, 0.29) is 26.8 Å². The number of hydrogen-bond acceptors (Lipinski definition) is 6. The molecule has 3 aromatic carbocycles. The van der Waals surface area contributed by atoms with E-state index in [2.05, 4.69) is 15.1 Å². The number of aromatic nitrogens is 3. The molecule has 0 unspecified atom stereocenters. The molecule has 2 aromatic heterocycles. The van der Waals surface area contributed by atoms with Gasteiger partial charge in [0.05, 0.1) is 32.2 Å². The van der Waals surface area contributed by atoms with Crippen molar-refractivity contribution in [1.29, 1.82) is 0 Å². The van der Waals surface area contributed by atoms with Gasteiger partial charge in [-0.25, -0.2) is 18.4 Å². The molecule has 0 amide bonds. The minimum absolute atomic E-state index is 0.0965. The number of rotatable bonds is 4. The summed E-state index contributed by atoms with van der Waals surface area (Å²) >= 11 is 12.1. The zero-order chi connectivity index (χ0) is 23.2. The summed E-state index contributed by atoms with van der Waals surface area (Å²) in [4.78, 5) is 9.13. The van der Waals surface area contributed by atoms with Gasteiger partial charge in [-0.1, -0.05) is 59.6 Å². The van der Waals surface area contributed by atoms with Crippen LogP contribution in [0, 0.1) is 0 Å². The number of benzene rings is 3. The van der Waals surface area contributed by atoms with E-state index in [0.29, 0.717) is 26.6 Å². The average molecular weight is 496 g/mol. The Morgan fingerprint density at radius 2 is 1.55 bits per heavy atom. The van der Waals surface area contributed by atoms with Gasteiger partial charge in [-0.2, -0.15) is 9.78 Å². The number of halogens is 2. The summed E-state index contributed by atoms with van der Waals surface area (Å²) in [6.07, 6.45) is 1.49. The van der Waals surface area contributed by atoms with Crippen LogP contribution in [0.3, 0.4) is 0 Å². The summed E-state index contributed by atoms with van der Waals surface area (Å²) in [5.74, 6) is -0.0968. The summed E-state index contributed by atoms with van der Waals surface area (Å²) in [6.45, 7) is 0. The lowest BCUT2D eigenvalue weighted by atomic mass is 10.2. The van der Waals surface area contributed by atoms with E-state index in [9.17, 15) is 8.42 Å². The molecule has 164 valence electrons. The average Bonchev–Trinajstić information content (AvgIpc) is 3.09. The normalized spacial score (nSPS) is 12.2. The fourth-order valence-corrected chi connectivity index (χ4v) is 5.25. The number of hydrogen-bond donors (Lipinski definition) is 1. The zero-order valence-corrected chi connectivity index (χ0v) is 19.2. The van der Waals surface area contributed by atoms with Crippen molar-refractivity contribution < 1.29 is 8.42 Å². The Bertz CT molecular complexity index is 1670. The van der Waals surface area contributed by atoms with Crippen molar-refractivity contribution in [3.05, 3.63) is 88.4 Å². The van der Waals surface area contributed by atoms with Gasteiger partial charge in [0.25, 0.3) is 0 Å².